The SMILES string of the molecule is Cc1ccc(COc2ccn(-c3ccc4c5c(n(C)c4c3)CN(C)CC5)c(=O)c2)cc1.Cl. The summed E-state index contributed by atoms with van der Waals surface area (Å²) in [5.41, 5.74) is 7.05. The van der Waals surface area contributed by atoms with Crippen LogP contribution in [-0.4, -0.2) is 27.6 Å². The van der Waals surface area contributed by atoms with Crippen LogP contribution in [0.15, 0.2) is 65.6 Å². The fourth-order valence-electron chi connectivity index (χ4n) is 4.44. The molecule has 6 heteroatoms. The van der Waals surface area contributed by atoms with Crippen molar-refractivity contribution in [3.05, 3.63) is 93.5 Å². The number of halogens is 1. The first-order valence-electron chi connectivity index (χ1n) is 10.7. The molecule has 5 rings (SSSR count). The van der Waals surface area contributed by atoms with E-state index >= 15 is 0 Å². The Hall–Kier alpha value is -3.02. The average molecular weight is 450 g/mol. The molecule has 0 amide bonds. The highest BCUT2D eigenvalue weighted by atomic mass is 35.5. The molecule has 5 nitrogen and oxygen atoms in total. The van der Waals surface area contributed by atoms with Crippen LogP contribution in [0.1, 0.15) is 22.4 Å². The van der Waals surface area contributed by atoms with Crippen LogP contribution in [0.4, 0.5) is 0 Å². The second-order valence-electron chi connectivity index (χ2n) is 8.52. The van der Waals surface area contributed by atoms with Gasteiger partial charge in [0.25, 0.3) is 5.56 Å². The van der Waals surface area contributed by atoms with Gasteiger partial charge in [0, 0.05) is 43.5 Å². The van der Waals surface area contributed by atoms with E-state index in [1.165, 1.54) is 27.7 Å². The molecule has 1 aliphatic heterocycles. The normalized spacial score (nSPS) is 13.6. The van der Waals surface area contributed by atoms with Crippen molar-refractivity contribution in [2.75, 3.05) is 13.6 Å². The summed E-state index contributed by atoms with van der Waals surface area (Å²) in [5, 5.41) is 1.29. The van der Waals surface area contributed by atoms with Crippen molar-refractivity contribution in [1.29, 1.82) is 0 Å². The molecule has 32 heavy (non-hydrogen) atoms. The van der Waals surface area contributed by atoms with Gasteiger partial charge in [-0.05, 0) is 49.7 Å². The highest BCUT2D eigenvalue weighted by Crippen LogP contribution is 2.31. The van der Waals surface area contributed by atoms with E-state index in [2.05, 4.69) is 54.8 Å². The van der Waals surface area contributed by atoms with Crippen LogP contribution >= 0.6 is 12.4 Å². The second-order valence-corrected chi connectivity index (χ2v) is 8.52. The predicted molar refractivity (Wildman–Crippen MR) is 131 cm³/mol. The van der Waals surface area contributed by atoms with Gasteiger partial charge in [-0.1, -0.05) is 35.9 Å². The Labute approximate surface area is 194 Å². The maximum atomic E-state index is 12.8. The summed E-state index contributed by atoms with van der Waals surface area (Å²) in [6.07, 6.45) is 2.86. The highest BCUT2D eigenvalue weighted by Gasteiger charge is 2.21. The van der Waals surface area contributed by atoms with Crippen molar-refractivity contribution >= 4 is 23.3 Å². The van der Waals surface area contributed by atoms with Crippen molar-refractivity contribution in [3.63, 3.8) is 0 Å². The Balaban J connectivity index is 0.00000245. The van der Waals surface area contributed by atoms with Gasteiger partial charge in [0.15, 0.2) is 0 Å². The maximum Gasteiger partial charge on any atom is 0.258 e. The number of likely N-dealkylation sites (N-methyl/N-ethyl adjacent to an activating group) is 1. The number of rotatable bonds is 4. The van der Waals surface area contributed by atoms with Crippen molar-refractivity contribution in [2.24, 2.45) is 7.05 Å². The number of nitrogens with zero attached hydrogens (tertiary/aromatic N) is 3. The van der Waals surface area contributed by atoms with Gasteiger partial charge in [0.2, 0.25) is 0 Å². The lowest BCUT2D eigenvalue weighted by Gasteiger charge is -2.23. The van der Waals surface area contributed by atoms with E-state index < -0.39 is 0 Å². The largest absolute Gasteiger partial charge is 0.489 e. The van der Waals surface area contributed by atoms with E-state index in [1.54, 1.807) is 16.8 Å². The third-order valence-electron chi connectivity index (χ3n) is 6.28. The summed E-state index contributed by atoms with van der Waals surface area (Å²) < 4.78 is 9.78. The standard InChI is InChI=1S/C26H27N3O2.ClH/c1-18-4-6-19(7-5-18)17-31-21-10-13-29(26(30)15-21)20-8-9-22-23-11-12-27(2)16-25(23)28(3)24(22)14-20;/h4-10,13-15H,11-12,16-17H2,1-3H3;1H. The lowest BCUT2D eigenvalue weighted by atomic mass is 10.0. The molecular weight excluding hydrogens is 422 g/mol. The Morgan fingerprint density at radius 3 is 2.53 bits per heavy atom. The Bertz CT molecular complexity index is 1320. The molecule has 4 aromatic rings. The molecule has 0 saturated heterocycles. The van der Waals surface area contributed by atoms with Gasteiger partial charge in [0.1, 0.15) is 12.4 Å². The van der Waals surface area contributed by atoms with E-state index in [0.29, 0.717) is 12.4 Å². The first-order valence-corrected chi connectivity index (χ1v) is 10.7. The third-order valence-corrected chi connectivity index (χ3v) is 6.28. The lowest BCUT2D eigenvalue weighted by Crippen LogP contribution is -2.27. The van der Waals surface area contributed by atoms with Crippen LogP contribution in [0.3, 0.4) is 0 Å². The second kappa shape index (κ2) is 8.85. The maximum absolute atomic E-state index is 12.8. The average Bonchev–Trinajstić information content (AvgIpc) is 3.04. The van der Waals surface area contributed by atoms with Crippen LogP contribution in [0.5, 0.6) is 5.75 Å². The summed E-state index contributed by atoms with van der Waals surface area (Å²) in [4.78, 5) is 15.2. The molecule has 2 aromatic heterocycles. The monoisotopic (exact) mass is 449 g/mol. The zero-order valence-corrected chi connectivity index (χ0v) is 19.5. The van der Waals surface area contributed by atoms with Gasteiger partial charge in [-0.25, -0.2) is 0 Å². The minimum absolute atomic E-state index is 0. The summed E-state index contributed by atoms with van der Waals surface area (Å²) in [6, 6.07) is 17.9. The lowest BCUT2D eigenvalue weighted by molar-refractivity contribution is 0.305. The topological polar surface area (TPSA) is 39.4 Å². The minimum Gasteiger partial charge on any atom is -0.489 e. The number of hydrogen-bond donors (Lipinski definition) is 0. The van der Waals surface area contributed by atoms with Crippen LogP contribution in [-0.2, 0) is 26.6 Å². The van der Waals surface area contributed by atoms with Gasteiger partial charge in [-0.2, -0.15) is 0 Å². The van der Waals surface area contributed by atoms with E-state index in [4.69, 9.17) is 4.74 Å². The zero-order valence-electron chi connectivity index (χ0n) is 18.7. The molecule has 0 radical (unpaired) electrons. The number of aryl methyl sites for hydroxylation is 2. The van der Waals surface area contributed by atoms with E-state index in [-0.39, 0.29) is 18.0 Å². The first-order chi connectivity index (χ1) is 15.0. The molecule has 1 aliphatic rings. The van der Waals surface area contributed by atoms with Crippen LogP contribution in [0, 0.1) is 6.92 Å². The number of hydrogen-bond acceptors (Lipinski definition) is 3. The fourth-order valence-corrected chi connectivity index (χ4v) is 4.44. The van der Waals surface area contributed by atoms with Gasteiger partial charge < -0.3 is 14.2 Å². The molecule has 0 unspecified atom stereocenters. The summed E-state index contributed by atoms with van der Waals surface area (Å²) >= 11 is 0. The van der Waals surface area contributed by atoms with E-state index in [0.717, 1.165) is 30.8 Å². The number of pyridine rings is 1. The molecule has 3 heterocycles. The predicted octanol–water partition coefficient (Wildman–Crippen LogP) is 4.63. The van der Waals surface area contributed by atoms with Gasteiger partial charge >= 0.3 is 0 Å². The Morgan fingerprint density at radius 2 is 1.78 bits per heavy atom. The molecule has 0 aliphatic carbocycles. The number of aromatic nitrogens is 2. The number of ether oxygens (including phenoxy) is 1. The van der Waals surface area contributed by atoms with Crippen LogP contribution < -0.4 is 10.3 Å². The molecular formula is C26H28ClN3O2. The highest BCUT2D eigenvalue weighted by molar-refractivity contribution is 5.87. The smallest absolute Gasteiger partial charge is 0.258 e. The van der Waals surface area contributed by atoms with Gasteiger partial charge in [-0.3, -0.25) is 9.36 Å². The van der Waals surface area contributed by atoms with E-state index in [1.807, 2.05) is 24.3 Å². The molecule has 166 valence electrons. The van der Waals surface area contributed by atoms with Gasteiger partial charge in [-0.15, -0.1) is 12.4 Å². The van der Waals surface area contributed by atoms with Crippen LogP contribution in [0.25, 0.3) is 16.6 Å². The molecule has 2 aromatic carbocycles. The van der Waals surface area contributed by atoms with Crippen molar-refractivity contribution in [1.82, 2.24) is 14.0 Å². The van der Waals surface area contributed by atoms with Crippen LogP contribution in [0.2, 0.25) is 0 Å². The summed E-state index contributed by atoms with van der Waals surface area (Å²) in [5.74, 6) is 0.584. The summed E-state index contributed by atoms with van der Waals surface area (Å²) in [7, 11) is 4.28. The Kier molecular flexibility index (Phi) is 6.13. The molecule has 0 spiro atoms. The van der Waals surface area contributed by atoms with E-state index in [9.17, 15) is 4.79 Å². The Morgan fingerprint density at radius 1 is 1.00 bits per heavy atom. The minimum atomic E-state index is -0.0977. The summed E-state index contributed by atoms with van der Waals surface area (Å²) in [6.45, 7) is 4.55. The third kappa shape index (κ3) is 4.06. The zero-order chi connectivity index (χ0) is 21.5. The molecule has 0 fully saturated rings. The molecule has 0 bridgehead atoms. The van der Waals surface area contributed by atoms with Gasteiger partial charge in [0.05, 0.1) is 11.2 Å². The van der Waals surface area contributed by atoms with Crippen molar-refractivity contribution < 1.29 is 4.74 Å². The van der Waals surface area contributed by atoms with Crippen molar-refractivity contribution in [2.45, 2.75) is 26.5 Å². The number of fused-ring (bicyclic) bond motifs is 3. The molecule has 0 atom stereocenters. The van der Waals surface area contributed by atoms with Crippen molar-refractivity contribution in [3.8, 4) is 11.4 Å². The molecule has 0 N–H and O–H groups in total. The first kappa shape index (κ1) is 22.2. The fraction of sp³-hybridized carbons (Fsp3) is 0.269. The number of benzene rings is 2. The quantitative estimate of drug-likeness (QED) is 0.456. The molecule has 0 saturated carbocycles.